The van der Waals surface area contributed by atoms with E-state index in [4.69, 9.17) is 19.9 Å². The van der Waals surface area contributed by atoms with Gasteiger partial charge in [0.25, 0.3) is 5.56 Å². The summed E-state index contributed by atoms with van der Waals surface area (Å²) in [5, 5.41) is 1.01. The van der Waals surface area contributed by atoms with Crippen molar-refractivity contribution in [3.8, 4) is 5.75 Å². The van der Waals surface area contributed by atoms with E-state index in [1.54, 1.807) is 24.8 Å². The number of nitrogens with zero attached hydrogens (tertiary/aromatic N) is 1. The van der Waals surface area contributed by atoms with Crippen LogP contribution < -0.4 is 16.0 Å². The van der Waals surface area contributed by atoms with Crippen molar-refractivity contribution in [3.05, 3.63) is 70.0 Å². The molecule has 6 nitrogen and oxygen atoms in total. The van der Waals surface area contributed by atoms with Crippen LogP contribution in [0.25, 0.3) is 10.9 Å². The molecule has 30 heavy (non-hydrogen) atoms. The molecule has 6 heteroatoms. The van der Waals surface area contributed by atoms with Crippen LogP contribution in [0.5, 0.6) is 5.75 Å². The SMILES string of the molecule is COC1COC(C)CC1c1cc(N)cc(OCc2ccc3c(ccc(=O)n3C)c2)c1. The molecule has 1 aliphatic heterocycles. The second-order valence-electron chi connectivity index (χ2n) is 8.01. The van der Waals surface area contributed by atoms with Crippen LogP contribution in [0.15, 0.2) is 53.3 Å². The Hall–Kier alpha value is -2.83. The zero-order valence-electron chi connectivity index (χ0n) is 17.6. The van der Waals surface area contributed by atoms with Crippen LogP contribution >= 0.6 is 0 Å². The number of anilines is 1. The fourth-order valence-electron chi connectivity index (χ4n) is 4.17. The zero-order chi connectivity index (χ0) is 21.3. The number of rotatable bonds is 5. The van der Waals surface area contributed by atoms with Gasteiger partial charge in [-0.25, -0.2) is 0 Å². The van der Waals surface area contributed by atoms with E-state index >= 15 is 0 Å². The Morgan fingerprint density at radius 1 is 1.17 bits per heavy atom. The largest absolute Gasteiger partial charge is 0.489 e. The van der Waals surface area contributed by atoms with Crippen LogP contribution in [-0.2, 0) is 23.1 Å². The summed E-state index contributed by atoms with van der Waals surface area (Å²) in [5.74, 6) is 0.950. The van der Waals surface area contributed by atoms with Crippen molar-refractivity contribution in [2.24, 2.45) is 7.05 Å². The van der Waals surface area contributed by atoms with Gasteiger partial charge in [-0.05, 0) is 60.2 Å². The van der Waals surface area contributed by atoms with Crippen molar-refractivity contribution < 1.29 is 14.2 Å². The minimum atomic E-state index is -0.0180. The number of pyridine rings is 1. The van der Waals surface area contributed by atoms with Crippen molar-refractivity contribution in [3.63, 3.8) is 0 Å². The molecule has 2 aromatic carbocycles. The molecule has 0 bridgehead atoms. The maximum atomic E-state index is 11.8. The second-order valence-corrected chi connectivity index (χ2v) is 8.01. The molecule has 1 aliphatic rings. The summed E-state index contributed by atoms with van der Waals surface area (Å²) in [4.78, 5) is 11.8. The topological polar surface area (TPSA) is 75.7 Å². The fraction of sp³-hybridized carbons (Fsp3) is 0.375. The van der Waals surface area contributed by atoms with E-state index in [0.29, 0.717) is 18.9 Å². The summed E-state index contributed by atoms with van der Waals surface area (Å²) < 4.78 is 19.1. The van der Waals surface area contributed by atoms with Crippen molar-refractivity contribution in [1.29, 1.82) is 0 Å². The van der Waals surface area contributed by atoms with Crippen molar-refractivity contribution in [1.82, 2.24) is 4.57 Å². The first-order valence-corrected chi connectivity index (χ1v) is 10.2. The zero-order valence-corrected chi connectivity index (χ0v) is 17.6. The van der Waals surface area contributed by atoms with Gasteiger partial charge >= 0.3 is 0 Å². The molecule has 3 unspecified atom stereocenters. The Bertz CT molecular complexity index is 1110. The first-order valence-electron chi connectivity index (χ1n) is 10.2. The van der Waals surface area contributed by atoms with E-state index in [0.717, 1.165) is 34.2 Å². The number of nitrogen functional groups attached to an aromatic ring is 1. The Labute approximate surface area is 176 Å². The lowest BCUT2D eigenvalue weighted by atomic mass is 9.86. The van der Waals surface area contributed by atoms with Gasteiger partial charge in [-0.3, -0.25) is 4.79 Å². The molecule has 2 heterocycles. The molecule has 0 spiro atoms. The number of benzene rings is 2. The Morgan fingerprint density at radius 2 is 2.00 bits per heavy atom. The molecule has 0 radical (unpaired) electrons. The first-order chi connectivity index (χ1) is 14.4. The van der Waals surface area contributed by atoms with Gasteiger partial charge in [0.05, 0.1) is 24.3 Å². The molecule has 1 fully saturated rings. The smallest absolute Gasteiger partial charge is 0.250 e. The van der Waals surface area contributed by atoms with Gasteiger partial charge < -0.3 is 24.5 Å². The third-order valence-corrected chi connectivity index (χ3v) is 5.86. The van der Waals surface area contributed by atoms with E-state index in [1.165, 1.54) is 0 Å². The molecule has 3 aromatic rings. The lowest BCUT2D eigenvalue weighted by Crippen LogP contribution is -2.36. The van der Waals surface area contributed by atoms with Gasteiger partial charge in [0.2, 0.25) is 0 Å². The number of fused-ring (bicyclic) bond motifs is 1. The summed E-state index contributed by atoms with van der Waals surface area (Å²) in [5.41, 5.74) is 9.87. The summed E-state index contributed by atoms with van der Waals surface area (Å²) >= 11 is 0. The molecule has 3 atom stereocenters. The molecule has 1 saturated heterocycles. The van der Waals surface area contributed by atoms with Crippen LogP contribution in [0, 0.1) is 0 Å². The molecule has 2 N–H and O–H groups in total. The number of hydrogen-bond donors (Lipinski definition) is 1. The van der Waals surface area contributed by atoms with Gasteiger partial charge in [-0.2, -0.15) is 0 Å². The molecular weight excluding hydrogens is 380 g/mol. The molecule has 158 valence electrons. The average Bonchev–Trinajstić information content (AvgIpc) is 2.74. The van der Waals surface area contributed by atoms with Crippen LogP contribution in [-0.4, -0.2) is 30.5 Å². The van der Waals surface area contributed by atoms with Crippen molar-refractivity contribution >= 4 is 16.6 Å². The average molecular weight is 408 g/mol. The van der Waals surface area contributed by atoms with Gasteiger partial charge in [0.15, 0.2) is 0 Å². The third-order valence-electron chi connectivity index (χ3n) is 5.86. The highest BCUT2D eigenvalue weighted by Gasteiger charge is 2.31. The Balaban J connectivity index is 1.54. The predicted octanol–water partition coefficient (Wildman–Crippen LogP) is 3.61. The first kappa shape index (κ1) is 20.4. The van der Waals surface area contributed by atoms with Gasteiger partial charge in [0.1, 0.15) is 12.4 Å². The highest BCUT2D eigenvalue weighted by atomic mass is 16.5. The summed E-state index contributed by atoms with van der Waals surface area (Å²) in [6, 6.07) is 15.3. The fourth-order valence-corrected chi connectivity index (χ4v) is 4.17. The molecule has 1 aromatic heterocycles. The molecule has 0 saturated carbocycles. The highest BCUT2D eigenvalue weighted by Crippen LogP contribution is 2.35. The van der Waals surface area contributed by atoms with Crippen molar-refractivity contribution in [2.75, 3.05) is 19.5 Å². The number of aromatic nitrogens is 1. The van der Waals surface area contributed by atoms with Crippen LogP contribution in [0.2, 0.25) is 0 Å². The van der Waals surface area contributed by atoms with E-state index in [9.17, 15) is 4.79 Å². The van der Waals surface area contributed by atoms with Crippen LogP contribution in [0.3, 0.4) is 0 Å². The quantitative estimate of drug-likeness (QED) is 0.653. The van der Waals surface area contributed by atoms with Crippen LogP contribution in [0.1, 0.15) is 30.4 Å². The van der Waals surface area contributed by atoms with Gasteiger partial charge in [-0.15, -0.1) is 0 Å². The maximum absolute atomic E-state index is 11.8. The standard InChI is InChI=1S/C24H28N2O4/c1-15-8-21(23(28-3)14-29-15)18-10-19(25)12-20(11-18)30-13-16-4-6-22-17(9-16)5-7-24(27)26(22)2/h4-7,9-12,15,21,23H,8,13-14,25H2,1-3H3. The number of hydrogen-bond acceptors (Lipinski definition) is 5. The maximum Gasteiger partial charge on any atom is 0.250 e. The molecule has 4 rings (SSSR count). The highest BCUT2D eigenvalue weighted by molar-refractivity contribution is 5.79. The third kappa shape index (κ3) is 4.20. The number of nitrogens with two attached hydrogens (primary N) is 1. The number of ether oxygens (including phenoxy) is 3. The summed E-state index contributed by atoms with van der Waals surface area (Å²) in [6.07, 6.45) is 1.06. The van der Waals surface area contributed by atoms with Crippen molar-refractivity contribution in [2.45, 2.75) is 38.1 Å². The monoisotopic (exact) mass is 408 g/mol. The van der Waals surface area contributed by atoms with Gasteiger partial charge in [-0.1, -0.05) is 6.07 Å². The van der Waals surface area contributed by atoms with E-state index < -0.39 is 0 Å². The minimum Gasteiger partial charge on any atom is -0.489 e. The molecule has 0 amide bonds. The Kier molecular flexibility index (Phi) is 5.79. The Morgan fingerprint density at radius 3 is 2.80 bits per heavy atom. The van der Waals surface area contributed by atoms with Crippen LogP contribution in [0.4, 0.5) is 5.69 Å². The minimum absolute atomic E-state index is 0.00276. The number of methoxy groups -OCH3 is 1. The van der Waals surface area contributed by atoms with E-state index in [-0.39, 0.29) is 23.7 Å². The van der Waals surface area contributed by atoms with E-state index in [2.05, 4.69) is 13.0 Å². The second kappa shape index (κ2) is 8.50. The number of aryl methyl sites for hydroxylation is 1. The summed E-state index contributed by atoms with van der Waals surface area (Å²) in [6.45, 7) is 3.07. The molecule has 0 aliphatic carbocycles. The lowest BCUT2D eigenvalue weighted by molar-refractivity contribution is -0.0771. The lowest BCUT2D eigenvalue weighted by Gasteiger charge is -2.34. The normalized spacial score (nSPS) is 21.6. The summed E-state index contributed by atoms with van der Waals surface area (Å²) in [7, 11) is 3.50. The van der Waals surface area contributed by atoms with E-state index in [1.807, 2.05) is 36.4 Å². The van der Waals surface area contributed by atoms with Gasteiger partial charge in [0, 0.05) is 37.9 Å². The molecular formula is C24H28N2O4. The predicted molar refractivity (Wildman–Crippen MR) is 118 cm³/mol.